The van der Waals surface area contributed by atoms with Crippen LogP contribution in [0.3, 0.4) is 0 Å². The Balaban J connectivity index is 2.27. The number of carbonyl (C=O) groups excluding carboxylic acids is 1. The Labute approximate surface area is 101 Å². The maximum absolute atomic E-state index is 11.4. The Morgan fingerprint density at radius 3 is 2.82 bits per heavy atom. The highest BCUT2D eigenvalue weighted by Gasteiger charge is 2.32. The van der Waals surface area contributed by atoms with Crippen LogP contribution in [0.2, 0.25) is 0 Å². The van der Waals surface area contributed by atoms with E-state index in [-0.39, 0.29) is 17.7 Å². The molecule has 1 aromatic rings. The normalized spacial score (nSPS) is 23.6. The van der Waals surface area contributed by atoms with Crippen molar-refractivity contribution in [1.82, 2.24) is 5.32 Å². The monoisotopic (exact) mass is 234 g/mol. The van der Waals surface area contributed by atoms with Crippen molar-refractivity contribution in [2.75, 3.05) is 20.2 Å². The first-order valence-electron chi connectivity index (χ1n) is 5.78. The second-order valence-electron chi connectivity index (χ2n) is 4.50. The molecule has 3 N–H and O–H groups in total. The highest BCUT2D eigenvalue weighted by molar-refractivity contribution is 5.78. The smallest absolute Gasteiger partial charge is 0.222 e. The predicted octanol–water partition coefficient (Wildman–Crippen LogP) is 0.792. The van der Waals surface area contributed by atoms with Crippen LogP contribution in [0.1, 0.15) is 17.0 Å². The molecule has 1 aromatic carbocycles. The fourth-order valence-corrected chi connectivity index (χ4v) is 2.46. The molecule has 0 aliphatic carbocycles. The number of carbonyl (C=O) groups is 1. The minimum absolute atomic E-state index is 0.109. The molecule has 17 heavy (non-hydrogen) atoms. The average molecular weight is 234 g/mol. The van der Waals surface area contributed by atoms with Crippen LogP contribution >= 0.6 is 0 Å². The number of nitrogens with two attached hydrogens (primary N) is 1. The zero-order valence-corrected chi connectivity index (χ0v) is 10.2. The Kier molecular flexibility index (Phi) is 3.33. The summed E-state index contributed by atoms with van der Waals surface area (Å²) in [6.07, 6.45) is 0. The lowest BCUT2D eigenvalue weighted by Gasteiger charge is -2.17. The van der Waals surface area contributed by atoms with E-state index >= 15 is 0 Å². The fourth-order valence-electron chi connectivity index (χ4n) is 2.46. The molecule has 4 nitrogen and oxygen atoms in total. The van der Waals surface area contributed by atoms with Crippen LogP contribution in [0.5, 0.6) is 5.75 Å². The van der Waals surface area contributed by atoms with Crippen LogP contribution < -0.4 is 15.8 Å². The number of amides is 1. The van der Waals surface area contributed by atoms with Gasteiger partial charge in [0.05, 0.1) is 13.0 Å². The van der Waals surface area contributed by atoms with E-state index in [0.29, 0.717) is 6.54 Å². The van der Waals surface area contributed by atoms with Gasteiger partial charge in [-0.25, -0.2) is 0 Å². The van der Waals surface area contributed by atoms with Crippen LogP contribution in [0.15, 0.2) is 18.2 Å². The number of hydrogen-bond donors (Lipinski definition) is 2. The van der Waals surface area contributed by atoms with Gasteiger partial charge in [-0.05, 0) is 24.1 Å². The fraction of sp³-hybridized carbons (Fsp3) is 0.462. The summed E-state index contributed by atoms with van der Waals surface area (Å²) in [5.41, 5.74) is 7.65. The summed E-state index contributed by atoms with van der Waals surface area (Å²) in [6, 6.07) is 6.03. The van der Waals surface area contributed by atoms with E-state index in [0.717, 1.165) is 23.4 Å². The van der Waals surface area contributed by atoms with E-state index in [1.165, 1.54) is 0 Å². The van der Waals surface area contributed by atoms with Gasteiger partial charge < -0.3 is 15.8 Å². The minimum atomic E-state index is -0.228. The predicted molar refractivity (Wildman–Crippen MR) is 66.0 cm³/mol. The number of methoxy groups -OCH3 is 1. The molecule has 0 aromatic heterocycles. The van der Waals surface area contributed by atoms with Crippen molar-refractivity contribution in [3.63, 3.8) is 0 Å². The summed E-state index contributed by atoms with van der Waals surface area (Å²) in [5, 5.41) is 3.22. The molecule has 2 atom stereocenters. The Morgan fingerprint density at radius 1 is 1.47 bits per heavy atom. The second kappa shape index (κ2) is 4.75. The largest absolute Gasteiger partial charge is 0.496 e. The van der Waals surface area contributed by atoms with Gasteiger partial charge in [0.15, 0.2) is 0 Å². The SMILES string of the molecule is COc1ccc(C2CNCC2C(N)=O)cc1C. The number of rotatable bonds is 3. The Bertz CT molecular complexity index is 431. The van der Waals surface area contributed by atoms with Gasteiger partial charge in [-0.3, -0.25) is 4.79 Å². The third kappa shape index (κ3) is 2.26. The molecule has 92 valence electrons. The molecule has 0 bridgehead atoms. The van der Waals surface area contributed by atoms with Crippen LogP contribution in [0.25, 0.3) is 0 Å². The summed E-state index contributed by atoms with van der Waals surface area (Å²) >= 11 is 0. The van der Waals surface area contributed by atoms with Gasteiger partial charge in [-0.15, -0.1) is 0 Å². The molecular weight excluding hydrogens is 216 g/mol. The molecule has 1 heterocycles. The summed E-state index contributed by atoms with van der Waals surface area (Å²) in [6.45, 7) is 3.48. The van der Waals surface area contributed by atoms with Crippen molar-refractivity contribution >= 4 is 5.91 Å². The number of ether oxygens (including phenoxy) is 1. The topological polar surface area (TPSA) is 64.3 Å². The molecule has 2 unspecified atom stereocenters. The van der Waals surface area contributed by atoms with Crippen molar-refractivity contribution in [2.45, 2.75) is 12.8 Å². The zero-order valence-electron chi connectivity index (χ0n) is 10.2. The standard InChI is InChI=1S/C13H18N2O2/c1-8-5-9(3-4-12(8)17-2)10-6-15-7-11(10)13(14)16/h3-5,10-11,15H,6-7H2,1-2H3,(H2,14,16). The molecule has 0 spiro atoms. The minimum Gasteiger partial charge on any atom is -0.496 e. The Hall–Kier alpha value is -1.55. The van der Waals surface area contributed by atoms with E-state index in [1.807, 2.05) is 19.1 Å². The van der Waals surface area contributed by atoms with Gasteiger partial charge >= 0.3 is 0 Å². The first-order chi connectivity index (χ1) is 8.13. The molecule has 0 radical (unpaired) electrons. The second-order valence-corrected chi connectivity index (χ2v) is 4.50. The quantitative estimate of drug-likeness (QED) is 0.812. The molecule has 1 saturated heterocycles. The molecule has 1 aliphatic rings. The first kappa shape index (κ1) is 11.9. The summed E-state index contributed by atoms with van der Waals surface area (Å²) in [7, 11) is 1.66. The number of hydrogen-bond acceptors (Lipinski definition) is 3. The lowest BCUT2D eigenvalue weighted by Crippen LogP contribution is -2.28. The number of primary amides is 1. The van der Waals surface area contributed by atoms with Gasteiger partial charge in [0, 0.05) is 19.0 Å². The molecule has 1 aliphatic heterocycles. The van der Waals surface area contributed by atoms with Crippen molar-refractivity contribution in [3.05, 3.63) is 29.3 Å². The van der Waals surface area contributed by atoms with Crippen LogP contribution in [0.4, 0.5) is 0 Å². The maximum atomic E-state index is 11.4. The van der Waals surface area contributed by atoms with Gasteiger partial charge in [-0.2, -0.15) is 0 Å². The Morgan fingerprint density at radius 2 is 2.24 bits per heavy atom. The van der Waals surface area contributed by atoms with Gasteiger partial charge in [0.25, 0.3) is 0 Å². The molecule has 4 heteroatoms. The van der Waals surface area contributed by atoms with E-state index in [2.05, 4.69) is 11.4 Å². The lowest BCUT2D eigenvalue weighted by atomic mass is 9.87. The van der Waals surface area contributed by atoms with E-state index < -0.39 is 0 Å². The summed E-state index contributed by atoms with van der Waals surface area (Å²) in [4.78, 5) is 11.4. The van der Waals surface area contributed by atoms with Gasteiger partial charge in [0.1, 0.15) is 5.75 Å². The van der Waals surface area contributed by atoms with Crippen molar-refractivity contribution in [3.8, 4) is 5.75 Å². The zero-order chi connectivity index (χ0) is 12.4. The molecule has 1 amide bonds. The highest BCUT2D eigenvalue weighted by Crippen LogP contribution is 2.30. The van der Waals surface area contributed by atoms with Crippen molar-refractivity contribution in [1.29, 1.82) is 0 Å². The van der Waals surface area contributed by atoms with Crippen molar-refractivity contribution in [2.24, 2.45) is 11.7 Å². The van der Waals surface area contributed by atoms with E-state index in [4.69, 9.17) is 10.5 Å². The van der Waals surface area contributed by atoms with E-state index in [9.17, 15) is 4.79 Å². The third-order valence-electron chi connectivity index (χ3n) is 3.43. The van der Waals surface area contributed by atoms with Gasteiger partial charge in [0.2, 0.25) is 5.91 Å². The number of benzene rings is 1. The molecule has 1 fully saturated rings. The molecular formula is C13H18N2O2. The van der Waals surface area contributed by atoms with Crippen LogP contribution in [0, 0.1) is 12.8 Å². The van der Waals surface area contributed by atoms with Crippen LogP contribution in [-0.2, 0) is 4.79 Å². The number of aryl methyl sites for hydroxylation is 1. The first-order valence-corrected chi connectivity index (χ1v) is 5.78. The molecule has 2 rings (SSSR count). The molecule has 0 saturated carbocycles. The third-order valence-corrected chi connectivity index (χ3v) is 3.43. The lowest BCUT2D eigenvalue weighted by molar-refractivity contribution is -0.121. The van der Waals surface area contributed by atoms with Crippen LogP contribution in [-0.4, -0.2) is 26.1 Å². The van der Waals surface area contributed by atoms with Crippen molar-refractivity contribution < 1.29 is 9.53 Å². The average Bonchev–Trinajstić information content (AvgIpc) is 2.77. The van der Waals surface area contributed by atoms with E-state index in [1.54, 1.807) is 7.11 Å². The maximum Gasteiger partial charge on any atom is 0.222 e. The van der Waals surface area contributed by atoms with Gasteiger partial charge in [-0.1, -0.05) is 12.1 Å². The summed E-state index contributed by atoms with van der Waals surface area (Å²) < 4.78 is 5.23. The highest BCUT2D eigenvalue weighted by atomic mass is 16.5. The number of nitrogens with one attached hydrogen (secondary N) is 1. The summed E-state index contributed by atoms with van der Waals surface area (Å²) in [5.74, 6) is 0.712.